The zero-order valence-electron chi connectivity index (χ0n) is 9.52. The normalized spacial score (nSPS) is 20.6. The van der Waals surface area contributed by atoms with Crippen molar-refractivity contribution in [2.24, 2.45) is 5.92 Å². The van der Waals surface area contributed by atoms with Crippen molar-refractivity contribution in [1.82, 2.24) is 0 Å². The summed E-state index contributed by atoms with van der Waals surface area (Å²) in [6.45, 7) is 5.50. The van der Waals surface area contributed by atoms with E-state index in [4.69, 9.17) is 4.74 Å². The van der Waals surface area contributed by atoms with Gasteiger partial charge in [-0.2, -0.15) is 0 Å². The molecule has 1 saturated carbocycles. The van der Waals surface area contributed by atoms with Gasteiger partial charge in [-0.15, -0.1) is 0 Å². The van der Waals surface area contributed by atoms with E-state index in [2.05, 4.69) is 29.8 Å². The Balaban J connectivity index is 2.15. The molecule has 0 heterocycles. The van der Waals surface area contributed by atoms with Crippen LogP contribution in [0.4, 0.5) is 0 Å². The molecular weight excluding hydrogens is 240 g/mol. The average molecular weight is 263 g/mol. The third-order valence-electron chi connectivity index (χ3n) is 3.09. The fourth-order valence-electron chi connectivity index (χ4n) is 2.12. The standard InChI is InChI=1S/C12H23BrO/c1-11(2)6-5-9-14-12(10-13)7-3-4-8-12/h11H,3-10H2,1-2H3. The van der Waals surface area contributed by atoms with Crippen LogP contribution in [0.1, 0.15) is 52.4 Å². The minimum Gasteiger partial charge on any atom is -0.374 e. The number of rotatable bonds is 6. The maximum absolute atomic E-state index is 6.04. The first kappa shape index (κ1) is 12.5. The Labute approximate surface area is 96.7 Å². The Morgan fingerprint density at radius 2 is 1.93 bits per heavy atom. The molecule has 0 aromatic rings. The second-order valence-corrected chi connectivity index (χ2v) is 5.47. The zero-order valence-corrected chi connectivity index (χ0v) is 11.1. The van der Waals surface area contributed by atoms with Gasteiger partial charge in [0.1, 0.15) is 0 Å². The molecule has 0 atom stereocenters. The lowest BCUT2D eigenvalue weighted by Crippen LogP contribution is -2.31. The van der Waals surface area contributed by atoms with E-state index in [0.29, 0.717) is 0 Å². The van der Waals surface area contributed by atoms with Crippen molar-refractivity contribution in [3.63, 3.8) is 0 Å². The Hall–Kier alpha value is 0.440. The number of alkyl halides is 1. The molecule has 0 N–H and O–H groups in total. The van der Waals surface area contributed by atoms with Crippen molar-refractivity contribution in [2.75, 3.05) is 11.9 Å². The summed E-state index contributed by atoms with van der Waals surface area (Å²) in [5, 5.41) is 1.02. The van der Waals surface area contributed by atoms with E-state index >= 15 is 0 Å². The van der Waals surface area contributed by atoms with Gasteiger partial charge in [-0.25, -0.2) is 0 Å². The molecule has 1 aliphatic rings. The van der Waals surface area contributed by atoms with Crippen LogP contribution >= 0.6 is 15.9 Å². The molecule has 0 amide bonds. The minimum atomic E-state index is 0.191. The second kappa shape index (κ2) is 6.12. The van der Waals surface area contributed by atoms with E-state index in [1.54, 1.807) is 0 Å². The van der Waals surface area contributed by atoms with Crippen molar-refractivity contribution in [2.45, 2.75) is 58.0 Å². The summed E-state index contributed by atoms with van der Waals surface area (Å²) in [5.41, 5.74) is 0.191. The van der Waals surface area contributed by atoms with Gasteiger partial charge >= 0.3 is 0 Å². The highest BCUT2D eigenvalue weighted by molar-refractivity contribution is 9.09. The molecular formula is C12H23BrO. The fourth-order valence-corrected chi connectivity index (χ4v) is 2.84. The topological polar surface area (TPSA) is 9.23 Å². The number of halogens is 1. The lowest BCUT2D eigenvalue weighted by Gasteiger charge is -2.27. The summed E-state index contributed by atoms with van der Waals surface area (Å²) in [7, 11) is 0. The van der Waals surface area contributed by atoms with E-state index in [1.807, 2.05) is 0 Å². The summed E-state index contributed by atoms with van der Waals surface area (Å²) in [6, 6.07) is 0. The Bertz CT molecular complexity index is 150. The molecule has 2 heteroatoms. The lowest BCUT2D eigenvalue weighted by atomic mass is 10.1. The van der Waals surface area contributed by atoms with E-state index in [9.17, 15) is 0 Å². The summed E-state index contributed by atoms with van der Waals surface area (Å²) in [5.74, 6) is 0.807. The maximum atomic E-state index is 6.04. The summed E-state index contributed by atoms with van der Waals surface area (Å²) in [6.07, 6.45) is 7.69. The zero-order chi connectivity index (χ0) is 10.4. The molecule has 0 spiro atoms. The monoisotopic (exact) mass is 262 g/mol. The Morgan fingerprint density at radius 3 is 2.43 bits per heavy atom. The molecule has 1 rings (SSSR count). The van der Waals surface area contributed by atoms with Crippen molar-refractivity contribution in [3.8, 4) is 0 Å². The van der Waals surface area contributed by atoms with Crippen LogP contribution in [-0.4, -0.2) is 17.5 Å². The number of ether oxygens (including phenoxy) is 1. The molecule has 1 nitrogen and oxygen atoms in total. The van der Waals surface area contributed by atoms with Crippen LogP contribution in [0.15, 0.2) is 0 Å². The van der Waals surface area contributed by atoms with Crippen LogP contribution < -0.4 is 0 Å². The van der Waals surface area contributed by atoms with Gasteiger partial charge < -0.3 is 4.74 Å². The van der Waals surface area contributed by atoms with Crippen LogP contribution in [-0.2, 0) is 4.74 Å². The molecule has 1 fully saturated rings. The van der Waals surface area contributed by atoms with E-state index in [0.717, 1.165) is 17.9 Å². The van der Waals surface area contributed by atoms with Gasteiger partial charge in [0.25, 0.3) is 0 Å². The molecule has 0 saturated heterocycles. The molecule has 14 heavy (non-hydrogen) atoms. The predicted octanol–water partition coefficient (Wildman–Crippen LogP) is 4.15. The summed E-state index contributed by atoms with van der Waals surface area (Å²) < 4.78 is 6.04. The van der Waals surface area contributed by atoms with Crippen LogP contribution in [0.2, 0.25) is 0 Å². The van der Waals surface area contributed by atoms with Gasteiger partial charge in [0.2, 0.25) is 0 Å². The quantitative estimate of drug-likeness (QED) is 0.516. The fraction of sp³-hybridized carbons (Fsp3) is 1.00. The van der Waals surface area contributed by atoms with Crippen LogP contribution in [0.3, 0.4) is 0 Å². The largest absolute Gasteiger partial charge is 0.374 e. The molecule has 1 aliphatic carbocycles. The minimum absolute atomic E-state index is 0.191. The second-order valence-electron chi connectivity index (χ2n) is 4.91. The van der Waals surface area contributed by atoms with Crippen molar-refractivity contribution in [1.29, 1.82) is 0 Å². The summed E-state index contributed by atoms with van der Waals surface area (Å²) in [4.78, 5) is 0. The lowest BCUT2D eigenvalue weighted by molar-refractivity contribution is -0.0237. The van der Waals surface area contributed by atoms with Crippen molar-refractivity contribution >= 4 is 15.9 Å². The van der Waals surface area contributed by atoms with E-state index in [-0.39, 0.29) is 5.60 Å². The third-order valence-corrected chi connectivity index (χ3v) is 4.11. The van der Waals surface area contributed by atoms with Crippen molar-refractivity contribution in [3.05, 3.63) is 0 Å². The van der Waals surface area contributed by atoms with Crippen molar-refractivity contribution < 1.29 is 4.74 Å². The maximum Gasteiger partial charge on any atom is 0.0778 e. The smallest absolute Gasteiger partial charge is 0.0778 e. The molecule has 0 aromatic heterocycles. The molecule has 84 valence electrons. The van der Waals surface area contributed by atoms with Crippen LogP contribution in [0.25, 0.3) is 0 Å². The van der Waals surface area contributed by atoms with Gasteiger partial charge in [-0.3, -0.25) is 0 Å². The Morgan fingerprint density at radius 1 is 1.29 bits per heavy atom. The molecule has 0 unspecified atom stereocenters. The number of hydrogen-bond donors (Lipinski definition) is 0. The molecule has 0 radical (unpaired) electrons. The third kappa shape index (κ3) is 3.90. The first-order valence-corrected chi connectivity index (χ1v) is 7.01. The van der Waals surface area contributed by atoms with Gasteiger partial charge in [0.15, 0.2) is 0 Å². The summed E-state index contributed by atoms with van der Waals surface area (Å²) >= 11 is 3.59. The van der Waals surface area contributed by atoms with Gasteiger partial charge in [-0.1, -0.05) is 42.6 Å². The van der Waals surface area contributed by atoms with Gasteiger partial charge in [-0.05, 0) is 31.6 Å². The highest BCUT2D eigenvalue weighted by atomic mass is 79.9. The highest BCUT2D eigenvalue weighted by Gasteiger charge is 2.33. The highest BCUT2D eigenvalue weighted by Crippen LogP contribution is 2.34. The first-order chi connectivity index (χ1) is 6.68. The van der Waals surface area contributed by atoms with E-state index in [1.165, 1.54) is 38.5 Å². The van der Waals surface area contributed by atoms with Gasteiger partial charge in [0.05, 0.1) is 5.60 Å². The first-order valence-electron chi connectivity index (χ1n) is 5.88. The SMILES string of the molecule is CC(C)CCCOC1(CBr)CCCC1. The van der Waals surface area contributed by atoms with Gasteiger partial charge in [0, 0.05) is 11.9 Å². The molecule has 0 aliphatic heterocycles. The molecule has 0 bridgehead atoms. The van der Waals surface area contributed by atoms with Crippen LogP contribution in [0, 0.1) is 5.92 Å². The Kier molecular flexibility index (Phi) is 5.47. The number of hydrogen-bond acceptors (Lipinski definition) is 1. The average Bonchev–Trinajstić information content (AvgIpc) is 2.62. The van der Waals surface area contributed by atoms with Crippen LogP contribution in [0.5, 0.6) is 0 Å². The predicted molar refractivity (Wildman–Crippen MR) is 65.0 cm³/mol. The molecule has 0 aromatic carbocycles. The van der Waals surface area contributed by atoms with E-state index < -0.39 is 0 Å².